The predicted octanol–water partition coefficient (Wildman–Crippen LogP) is 3.84. The van der Waals surface area contributed by atoms with Gasteiger partial charge in [0.15, 0.2) is 9.84 Å². The monoisotopic (exact) mass is 500 g/mol. The molecule has 0 saturated heterocycles. The lowest BCUT2D eigenvalue weighted by Crippen LogP contribution is -2.19. The molecule has 4 aromatic rings. The van der Waals surface area contributed by atoms with Crippen molar-refractivity contribution in [1.29, 1.82) is 0 Å². The molecule has 8 nitrogen and oxygen atoms in total. The van der Waals surface area contributed by atoms with E-state index in [0.29, 0.717) is 23.8 Å². The van der Waals surface area contributed by atoms with Crippen molar-refractivity contribution in [2.24, 2.45) is 0 Å². The number of aromatic nitrogens is 2. The molecule has 1 aliphatic rings. The van der Waals surface area contributed by atoms with Gasteiger partial charge in [-0.25, -0.2) is 13.4 Å². The molecule has 0 atom stereocenters. The van der Waals surface area contributed by atoms with Crippen molar-refractivity contribution in [2.45, 2.75) is 31.1 Å². The Hall–Kier alpha value is -3.95. The minimum atomic E-state index is -3.20. The molecule has 0 bridgehead atoms. The Bertz CT molecular complexity index is 1480. The van der Waals surface area contributed by atoms with Gasteiger partial charge in [-0.05, 0) is 46.5 Å². The number of nitrogens with two attached hydrogens (primary N) is 2. The van der Waals surface area contributed by atoms with Crippen molar-refractivity contribution in [3.05, 3.63) is 95.2 Å². The Labute approximate surface area is 210 Å². The van der Waals surface area contributed by atoms with Crippen LogP contribution in [0.3, 0.4) is 0 Å². The zero-order chi connectivity index (χ0) is 25.3. The molecule has 2 heterocycles. The quantitative estimate of drug-likeness (QED) is 0.349. The Morgan fingerprint density at radius 1 is 0.889 bits per heavy atom. The Morgan fingerprint density at radius 3 is 2.14 bits per heavy atom. The summed E-state index contributed by atoms with van der Waals surface area (Å²) in [4.78, 5) is 11.4. The van der Waals surface area contributed by atoms with E-state index in [0.717, 1.165) is 41.2 Å². The van der Waals surface area contributed by atoms with Gasteiger partial charge < -0.3 is 16.8 Å². The van der Waals surface area contributed by atoms with E-state index in [-0.39, 0.29) is 5.95 Å². The van der Waals surface area contributed by atoms with Crippen LogP contribution in [0.25, 0.3) is 11.1 Å². The number of sulfone groups is 1. The Morgan fingerprint density at radius 2 is 1.53 bits per heavy atom. The summed E-state index contributed by atoms with van der Waals surface area (Å²) in [5.41, 5.74) is 19.4. The summed E-state index contributed by atoms with van der Waals surface area (Å²) >= 11 is 0. The van der Waals surface area contributed by atoms with Crippen LogP contribution in [0.5, 0.6) is 0 Å². The van der Waals surface area contributed by atoms with E-state index < -0.39 is 9.84 Å². The lowest BCUT2D eigenvalue weighted by Gasteiger charge is -2.18. The van der Waals surface area contributed by atoms with Crippen LogP contribution in [-0.4, -0.2) is 29.5 Å². The fourth-order valence-electron chi connectivity index (χ4n) is 4.52. The molecule has 0 unspecified atom stereocenters. The van der Waals surface area contributed by atoms with Gasteiger partial charge in [0.1, 0.15) is 5.82 Å². The van der Waals surface area contributed by atoms with E-state index >= 15 is 0 Å². The molecule has 184 valence electrons. The largest absolute Gasteiger partial charge is 0.383 e. The molecule has 9 heteroatoms. The molecule has 0 aliphatic carbocycles. The second kappa shape index (κ2) is 9.60. The van der Waals surface area contributed by atoms with E-state index in [1.807, 2.05) is 36.4 Å². The zero-order valence-corrected chi connectivity index (χ0v) is 20.8. The van der Waals surface area contributed by atoms with Crippen molar-refractivity contribution in [3.63, 3.8) is 0 Å². The molecule has 0 fully saturated rings. The van der Waals surface area contributed by atoms with Crippen molar-refractivity contribution < 1.29 is 8.42 Å². The minimum absolute atomic E-state index is 0.170. The molecule has 5 N–H and O–H groups in total. The zero-order valence-electron chi connectivity index (χ0n) is 20.0. The summed E-state index contributed by atoms with van der Waals surface area (Å²) < 4.78 is 23.3. The first-order valence-electron chi connectivity index (χ1n) is 11.6. The van der Waals surface area contributed by atoms with E-state index in [4.69, 9.17) is 11.5 Å². The average molecular weight is 501 g/mol. The van der Waals surface area contributed by atoms with Crippen LogP contribution in [0.1, 0.15) is 22.4 Å². The topological polar surface area (TPSA) is 127 Å². The van der Waals surface area contributed by atoms with E-state index in [2.05, 4.69) is 44.5 Å². The van der Waals surface area contributed by atoms with E-state index in [1.165, 1.54) is 17.4 Å². The summed E-state index contributed by atoms with van der Waals surface area (Å²) in [5, 5.41) is 3.36. The Kier molecular flexibility index (Phi) is 6.34. The first-order valence-corrected chi connectivity index (χ1v) is 13.5. The summed E-state index contributed by atoms with van der Waals surface area (Å²) in [6, 6.07) is 23.3. The summed E-state index contributed by atoms with van der Waals surface area (Å²) in [6.07, 6.45) is 1.20. The minimum Gasteiger partial charge on any atom is -0.383 e. The number of nitrogen functional groups attached to an aromatic ring is 2. The lowest BCUT2D eigenvalue weighted by molar-refractivity contribution is 0.272. The van der Waals surface area contributed by atoms with Gasteiger partial charge in [0.2, 0.25) is 5.95 Å². The normalized spacial score (nSPS) is 13.5. The van der Waals surface area contributed by atoms with E-state index in [9.17, 15) is 8.42 Å². The van der Waals surface area contributed by atoms with Crippen LogP contribution in [-0.2, 0) is 36.0 Å². The molecular weight excluding hydrogens is 472 g/mol. The summed E-state index contributed by atoms with van der Waals surface area (Å²) in [5.74, 6) is 0.532. The van der Waals surface area contributed by atoms with Gasteiger partial charge in [-0.3, -0.25) is 4.90 Å². The van der Waals surface area contributed by atoms with Crippen LogP contribution in [0.2, 0.25) is 0 Å². The van der Waals surface area contributed by atoms with Gasteiger partial charge in [-0.1, -0.05) is 48.5 Å². The average Bonchev–Trinajstić information content (AvgIpc) is 3.25. The van der Waals surface area contributed by atoms with Gasteiger partial charge in [-0.15, -0.1) is 0 Å². The van der Waals surface area contributed by atoms with Crippen LogP contribution in [0, 0.1) is 0 Å². The highest BCUT2D eigenvalue weighted by Crippen LogP contribution is 2.32. The maximum atomic E-state index is 11.6. The highest BCUT2D eigenvalue weighted by molar-refractivity contribution is 7.90. The summed E-state index contributed by atoms with van der Waals surface area (Å²) in [7, 11) is -3.20. The highest BCUT2D eigenvalue weighted by atomic mass is 32.2. The standard InChI is InChI=1S/C27H28N6O2S/c1-36(34,35)23-12-6-18(7-13-23)14-30-22-10-8-19(9-11-22)25-24(31-27(29)32-26(25)28)17-33-15-20-4-2-3-5-21(20)16-33/h2-13,30H,14-17H2,1H3,(H4,28,29,31,32). The number of nitrogens with zero attached hydrogens (tertiary/aromatic N) is 3. The smallest absolute Gasteiger partial charge is 0.222 e. The summed E-state index contributed by atoms with van der Waals surface area (Å²) in [6.45, 7) is 2.89. The lowest BCUT2D eigenvalue weighted by atomic mass is 10.0. The van der Waals surface area contributed by atoms with Crippen LogP contribution in [0.4, 0.5) is 17.5 Å². The predicted molar refractivity (Wildman–Crippen MR) is 143 cm³/mol. The molecule has 1 aromatic heterocycles. The number of anilines is 3. The first-order chi connectivity index (χ1) is 17.3. The third-order valence-electron chi connectivity index (χ3n) is 6.33. The fourth-order valence-corrected chi connectivity index (χ4v) is 5.15. The van der Waals surface area contributed by atoms with Crippen molar-refractivity contribution >= 4 is 27.3 Å². The van der Waals surface area contributed by atoms with Gasteiger partial charge in [0.05, 0.1) is 10.6 Å². The van der Waals surface area contributed by atoms with Crippen molar-refractivity contribution in [2.75, 3.05) is 23.0 Å². The number of fused-ring (bicyclic) bond motifs is 1. The number of rotatable bonds is 7. The molecule has 0 radical (unpaired) electrons. The number of hydrogen-bond donors (Lipinski definition) is 3. The third-order valence-corrected chi connectivity index (χ3v) is 7.46. The molecule has 0 amide bonds. The number of hydrogen-bond acceptors (Lipinski definition) is 8. The highest BCUT2D eigenvalue weighted by Gasteiger charge is 2.22. The maximum Gasteiger partial charge on any atom is 0.222 e. The number of benzene rings is 3. The molecule has 5 rings (SSSR count). The molecule has 1 aliphatic heterocycles. The second-order valence-electron chi connectivity index (χ2n) is 9.05. The van der Waals surface area contributed by atoms with Gasteiger partial charge in [0, 0.05) is 43.7 Å². The molecule has 3 aromatic carbocycles. The molecule has 36 heavy (non-hydrogen) atoms. The fraction of sp³-hybridized carbons (Fsp3) is 0.185. The molecule has 0 saturated carbocycles. The molecular formula is C27H28N6O2S. The SMILES string of the molecule is CS(=O)(=O)c1ccc(CNc2ccc(-c3c(N)nc(N)nc3CN3Cc4ccccc4C3)cc2)cc1. The van der Waals surface area contributed by atoms with E-state index in [1.54, 1.807) is 12.1 Å². The maximum absolute atomic E-state index is 11.6. The van der Waals surface area contributed by atoms with Crippen LogP contribution < -0.4 is 16.8 Å². The van der Waals surface area contributed by atoms with Gasteiger partial charge in [0.25, 0.3) is 0 Å². The van der Waals surface area contributed by atoms with Crippen LogP contribution >= 0.6 is 0 Å². The van der Waals surface area contributed by atoms with Crippen molar-refractivity contribution in [1.82, 2.24) is 14.9 Å². The van der Waals surface area contributed by atoms with Gasteiger partial charge >= 0.3 is 0 Å². The van der Waals surface area contributed by atoms with Crippen molar-refractivity contribution in [3.8, 4) is 11.1 Å². The number of nitrogens with one attached hydrogen (secondary N) is 1. The first kappa shape index (κ1) is 23.8. The Balaban J connectivity index is 1.31. The molecule has 0 spiro atoms. The van der Waals surface area contributed by atoms with Gasteiger partial charge in [-0.2, -0.15) is 4.98 Å². The van der Waals surface area contributed by atoms with Crippen LogP contribution in [0.15, 0.2) is 77.7 Å². The third kappa shape index (κ3) is 5.17. The second-order valence-corrected chi connectivity index (χ2v) is 11.1.